The average Bonchev–Trinajstić information content (AvgIpc) is 3.15. The number of aliphatic carboxylic acids is 1. The number of nitrogens with zero attached hydrogens (tertiary/aromatic N) is 1. The van der Waals surface area contributed by atoms with E-state index < -0.39 is 51.1 Å². The Balaban J connectivity index is 3.85. The number of alkyl halides is 6. The van der Waals surface area contributed by atoms with E-state index in [1.165, 1.54) is 0 Å². The Bertz CT molecular complexity index is 818. The van der Waals surface area contributed by atoms with E-state index in [-0.39, 0.29) is 43.3 Å². The van der Waals surface area contributed by atoms with Crippen molar-refractivity contribution in [3.05, 3.63) is 0 Å². The summed E-state index contributed by atoms with van der Waals surface area (Å²) in [5.74, 6) is -1.06. The van der Waals surface area contributed by atoms with E-state index in [0.29, 0.717) is 12.8 Å². The van der Waals surface area contributed by atoms with Crippen LogP contribution in [0.5, 0.6) is 0 Å². The number of hydrogen-bond acceptors (Lipinski definition) is 1. The average molecular weight is 547 g/mol. The molecule has 1 unspecified atom stereocenters. The molecule has 1 aliphatic rings. The summed E-state index contributed by atoms with van der Waals surface area (Å²) in [5, 5.41) is 9.85. The molecule has 0 saturated heterocycles. The van der Waals surface area contributed by atoms with Gasteiger partial charge in [0, 0.05) is 12.8 Å². The molecular weight excluding hydrogens is 496 g/mol. The Morgan fingerprint density at radius 1 is 0.784 bits per heavy atom. The second kappa shape index (κ2) is 9.88. The Labute approximate surface area is 220 Å². The summed E-state index contributed by atoms with van der Waals surface area (Å²) in [5.41, 5.74) is -8.59. The molecule has 0 aromatic heterocycles. The minimum Gasteiger partial charge on any atom is -0.481 e. The topological polar surface area (TPSA) is 37.3 Å². The van der Waals surface area contributed by atoms with Crippen LogP contribution in [0.4, 0.5) is 26.3 Å². The van der Waals surface area contributed by atoms with Crippen LogP contribution < -0.4 is 0 Å². The lowest BCUT2D eigenvalue weighted by Gasteiger charge is -2.64. The zero-order valence-electron chi connectivity index (χ0n) is 24.7. The normalized spacial score (nSPS) is 20.1. The maximum absolute atomic E-state index is 14.6. The van der Waals surface area contributed by atoms with Crippen molar-refractivity contribution >= 4 is 5.97 Å². The molecule has 9 heteroatoms. The first-order valence-corrected chi connectivity index (χ1v) is 13.3. The monoisotopic (exact) mass is 546 g/mol. The summed E-state index contributed by atoms with van der Waals surface area (Å²) in [6.07, 6.45) is -7.92. The van der Waals surface area contributed by atoms with Crippen LogP contribution in [0, 0.1) is 21.7 Å². The maximum Gasteiger partial charge on any atom is 0.399 e. The van der Waals surface area contributed by atoms with E-state index in [1.54, 1.807) is 62.3 Å². The van der Waals surface area contributed by atoms with Crippen LogP contribution in [0.15, 0.2) is 0 Å². The van der Waals surface area contributed by atoms with E-state index in [2.05, 4.69) is 0 Å². The fourth-order valence-electron chi connectivity index (χ4n) is 8.01. The van der Waals surface area contributed by atoms with Crippen molar-refractivity contribution < 1.29 is 40.7 Å². The van der Waals surface area contributed by atoms with Crippen LogP contribution in [0.3, 0.4) is 0 Å². The fourth-order valence-corrected chi connectivity index (χ4v) is 8.01. The van der Waals surface area contributed by atoms with Crippen molar-refractivity contribution in [2.45, 2.75) is 138 Å². The molecule has 1 N–H and O–H groups in total. The van der Waals surface area contributed by atoms with Crippen LogP contribution in [0.2, 0.25) is 0 Å². The quantitative estimate of drug-likeness (QED) is 0.207. The number of carboxylic acids is 1. The standard InChI is InChI=1S/C28H49F6NO2/c1-12-35(19-23(6,7)27(29,30)31,24(8,9)17-21(2,3)20(36)37)25(10,11)18-22(4,5)26(28(32,33)34)15-13-14-16-26/h12-19H2,1-11H3/p+1. The molecule has 37 heavy (non-hydrogen) atoms. The summed E-state index contributed by atoms with van der Waals surface area (Å²) in [7, 11) is 0. The third-order valence-electron chi connectivity index (χ3n) is 9.91. The predicted octanol–water partition coefficient (Wildman–Crippen LogP) is 9.01. The molecule has 0 heterocycles. The number of halogens is 6. The van der Waals surface area contributed by atoms with Gasteiger partial charge in [-0.2, -0.15) is 26.3 Å². The Morgan fingerprint density at radius 3 is 1.51 bits per heavy atom. The summed E-state index contributed by atoms with van der Waals surface area (Å²) >= 11 is 0. The van der Waals surface area contributed by atoms with Gasteiger partial charge in [-0.15, -0.1) is 0 Å². The fraction of sp³-hybridized carbons (Fsp3) is 0.964. The van der Waals surface area contributed by atoms with Gasteiger partial charge < -0.3 is 9.59 Å². The lowest BCUT2D eigenvalue weighted by Crippen LogP contribution is -2.75. The number of carboxylic acid groups (broad SMARTS) is 1. The smallest absolute Gasteiger partial charge is 0.399 e. The summed E-state index contributed by atoms with van der Waals surface area (Å²) in [6, 6.07) is 0. The van der Waals surface area contributed by atoms with Gasteiger partial charge in [0.1, 0.15) is 5.41 Å². The zero-order chi connectivity index (χ0) is 29.7. The van der Waals surface area contributed by atoms with Crippen LogP contribution in [0.1, 0.15) is 115 Å². The molecule has 1 aliphatic carbocycles. The van der Waals surface area contributed by atoms with Gasteiger partial charge in [-0.25, -0.2) is 0 Å². The van der Waals surface area contributed by atoms with E-state index in [9.17, 15) is 36.2 Å². The van der Waals surface area contributed by atoms with Gasteiger partial charge in [0.15, 0.2) is 0 Å². The molecule has 220 valence electrons. The lowest BCUT2D eigenvalue weighted by atomic mass is 9.58. The first kappa shape index (κ1) is 34.0. The summed E-state index contributed by atoms with van der Waals surface area (Å²) in [6.45, 7) is 17.3. The van der Waals surface area contributed by atoms with Crippen molar-refractivity contribution in [1.29, 1.82) is 0 Å². The minimum absolute atomic E-state index is 0.00911. The van der Waals surface area contributed by atoms with Gasteiger partial charge in [0.25, 0.3) is 0 Å². The van der Waals surface area contributed by atoms with Crippen molar-refractivity contribution in [2.24, 2.45) is 21.7 Å². The first-order valence-electron chi connectivity index (χ1n) is 13.3. The highest BCUT2D eigenvalue weighted by Crippen LogP contribution is 2.64. The largest absolute Gasteiger partial charge is 0.481 e. The molecule has 1 atom stereocenters. The molecule has 0 aromatic carbocycles. The molecule has 3 nitrogen and oxygen atoms in total. The molecule has 1 fully saturated rings. The molecule has 0 spiro atoms. The SMILES string of the molecule is CC[N+](CC(C)(C)C(F)(F)F)(C(C)(C)CC(C)(C)C(=O)O)C(C)(C)CC(C)(C)C1(C(F)(F)F)CCCC1. The maximum atomic E-state index is 14.6. The van der Waals surface area contributed by atoms with Gasteiger partial charge in [-0.1, -0.05) is 26.7 Å². The predicted molar refractivity (Wildman–Crippen MR) is 135 cm³/mol. The number of quaternary nitrogens is 1. The molecule has 0 aliphatic heterocycles. The van der Waals surface area contributed by atoms with Crippen LogP contribution in [-0.4, -0.2) is 52.1 Å². The van der Waals surface area contributed by atoms with E-state index in [4.69, 9.17) is 0 Å². The van der Waals surface area contributed by atoms with Crippen molar-refractivity contribution in [3.63, 3.8) is 0 Å². The molecule has 0 amide bonds. The van der Waals surface area contributed by atoms with Gasteiger partial charge in [-0.3, -0.25) is 4.79 Å². The Morgan fingerprint density at radius 2 is 1.19 bits per heavy atom. The van der Waals surface area contributed by atoms with E-state index in [0.717, 1.165) is 13.8 Å². The van der Waals surface area contributed by atoms with Gasteiger partial charge in [0.05, 0.1) is 35.0 Å². The van der Waals surface area contributed by atoms with E-state index in [1.807, 2.05) is 0 Å². The number of carbonyl (C=O) groups is 1. The third kappa shape index (κ3) is 5.96. The van der Waals surface area contributed by atoms with Crippen molar-refractivity contribution in [2.75, 3.05) is 13.1 Å². The number of rotatable bonds is 11. The van der Waals surface area contributed by atoms with Crippen molar-refractivity contribution in [3.8, 4) is 0 Å². The van der Waals surface area contributed by atoms with Crippen LogP contribution in [0.25, 0.3) is 0 Å². The van der Waals surface area contributed by atoms with Crippen molar-refractivity contribution in [1.82, 2.24) is 0 Å². The second-order valence-electron chi connectivity index (χ2n) is 14.7. The minimum atomic E-state index is -4.55. The third-order valence-corrected chi connectivity index (χ3v) is 9.91. The highest BCUT2D eigenvalue weighted by Gasteiger charge is 2.67. The summed E-state index contributed by atoms with van der Waals surface area (Å²) in [4.78, 5) is 12.1. The van der Waals surface area contributed by atoms with Gasteiger partial charge >= 0.3 is 18.3 Å². The molecule has 0 aromatic rings. The zero-order valence-corrected chi connectivity index (χ0v) is 24.7. The van der Waals surface area contributed by atoms with Crippen LogP contribution >= 0.6 is 0 Å². The molecule has 1 rings (SSSR count). The lowest BCUT2D eigenvalue weighted by molar-refractivity contribution is -1.02. The van der Waals surface area contributed by atoms with E-state index >= 15 is 0 Å². The molecular formula is C28H50F6NO2+. The molecule has 0 radical (unpaired) electrons. The van der Waals surface area contributed by atoms with Crippen LogP contribution in [-0.2, 0) is 4.79 Å². The molecule has 1 saturated carbocycles. The molecule has 0 bridgehead atoms. The highest BCUT2D eigenvalue weighted by atomic mass is 19.4. The number of hydrogen-bond donors (Lipinski definition) is 1. The Hall–Kier alpha value is -0.990. The Kier molecular flexibility index (Phi) is 9.09. The highest BCUT2D eigenvalue weighted by molar-refractivity contribution is 5.73. The first-order chi connectivity index (χ1) is 16.1. The van der Waals surface area contributed by atoms with Gasteiger partial charge in [-0.05, 0) is 80.6 Å². The summed E-state index contributed by atoms with van der Waals surface area (Å²) < 4.78 is 86.6. The van der Waals surface area contributed by atoms with Gasteiger partial charge in [0.2, 0.25) is 0 Å². The second-order valence-corrected chi connectivity index (χ2v) is 14.7.